The highest BCUT2D eigenvalue weighted by molar-refractivity contribution is 5.90. The molecule has 3 aromatic rings. The fourth-order valence-electron chi connectivity index (χ4n) is 4.66. The molecule has 1 saturated carbocycles. The van der Waals surface area contributed by atoms with Crippen molar-refractivity contribution in [1.29, 1.82) is 0 Å². The smallest absolute Gasteiger partial charge is 0.319 e. The summed E-state index contributed by atoms with van der Waals surface area (Å²) in [4.78, 5) is 26.3. The lowest BCUT2D eigenvalue weighted by Crippen LogP contribution is -2.48. The molecule has 1 aliphatic carbocycles. The quantitative estimate of drug-likeness (QED) is 0.318. The number of anilines is 1. The lowest BCUT2D eigenvalue weighted by atomic mass is 9.93. The molecule has 0 radical (unpaired) electrons. The van der Waals surface area contributed by atoms with Gasteiger partial charge >= 0.3 is 12.1 Å². The van der Waals surface area contributed by atoms with Gasteiger partial charge in [-0.15, -0.1) is 0 Å². The number of hydrogen-bond acceptors (Lipinski definition) is 3. The van der Waals surface area contributed by atoms with Crippen LogP contribution in [0.25, 0.3) is 0 Å². The third-order valence-electron chi connectivity index (χ3n) is 6.49. The maximum atomic E-state index is 13.1. The number of benzene rings is 3. The molecule has 1 aliphatic rings. The first kappa shape index (κ1) is 25.1. The van der Waals surface area contributed by atoms with E-state index in [4.69, 9.17) is 4.74 Å². The second-order valence-electron chi connectivity index (χ2n) is 9.06. The topological polar surface area (TPSA) is 91.5 Å². The summed E-state index contributed by atoms with van der Waals surface area (Å²) in [7, 11) is 1.58. The van der Waals surface area contributed by atoms with Crippen molar-refractivity contribution in [3.8, 4) is 5.75 Å². The minimum Gasteiger partial charge on any atom is -0.497 e. The minimum atomic E-state index is -0.517. The Morgan fingerprint density at radius 1 is 0.750 bits per heavy atom. The van der Waals surface area contributed by atoms with Gasteiger partial charge in [-0.25, -0.2) is 9.59 Å². The van der Waals surface area contributed by atoms with Crippen LogP contribution < -0.4 is 26.0 Å². The van der Waals surface area contributed by atoms with E-state index in [1.165, 1.54) is 6.42 Å². The first-order valence-electron chi connectivity index (χ1n) is 12.5. The number of amides is 4. The Balaban J connectivity index is 1.58. The van der Waals surface area contributed by atoms with E-state index in [0.29, 0.717) is 11.4 Å². The summed E-state index contributed by atoms with van der Waals surface area (Å²) in [5, 5.41) is 12.3. The van der Waals surface area contributed by atoms with E-state index in [9.17, 15) is 9.59 Å². The zero-order valence-electron chi connectivity index (χ0n) is 20.6. The van der Waals surface area contributed by atoms with Crippen molar-refractivity contribution in [2.45, 2.75) is 50.2 Å². The monoisotopic (exact) mass is 486 g/mol. The van der Waals surface area contributed by atoms with Crippen LogP contribution in [0.15, 0.2) is 84.9 Å². The van der Waals surface area contributed by atoms with Gasteiger partial charge in [0.1, 0.15) is 5.75 Å². The molecule has 7 nitrogen and oxygen atoms in total. The van der Waals surface area contributed by atoms with Crippen molar-refractivity contribution in [2.24, 2.45) is 0 Å². The van der Waals surface area contributed by atoms with Gasteiger partial charge in [-0.2, -0.15) is 0 Å². The third-order valence-corrected chi connectivity index (χ3v) is 6.49. The number of rotatable bonds is 8. The number of ether oxygens (including phenoxy) is 1. The summed E-state index contributed by atoms with van der Waals surface area (Å²) in [5.41, 5.74) is 2.38. The third kappa shape index (κ3) is 7.01. The first-order chi connectivity index (χ1) is 17.6. The van der Waals surface area contributed by atoms with E-state index >= 15 is 0 Å². The van der Waals surface area contributed by atoms with Crippen LogP contribution in [-0.4, -0.2) is 25.2 Å². The van der Waals surface area contributed by atoms with Crippen LogP contribution in [-0.2, 0) is 0 Å². The molecule has 0 saturated heterocycles. The minimum absolute atomic E-state index is 0.176. The van der Waals surface area contributed by atoms with Crippen LogP contribution >= 0.6 is 0 Å². The van der Waals surface area contributed by atoms with Gasteiger partial charge in [0.05, 0.1) is 19.2 Å². The maximum absolute atomic E-state index is 13.1. The van der Waals surface area contributed by atoms with Crippen molar-refractivity contribution in [1.82, 2.24) is 16.0 Å². The largest absolute Gasteiger partial charge is 0.497 e. The molecule has 2 atom stereocenters. The SMILES string of the molecule is COc1cccc(NC(=O)N[C@@H](c2ccccc2)[C@H](NC(=O)NC2CCCCC2)c2ccccc2)c1. The van der Waals surface area contributed by atoms with Gasteiger partial charge in [-0.1, -0.05) is 86.0 Å². The molecule has 0 aliphatic heterocycles. The highest BCUT2D eigenvalue weighted by atomic mass is 16.5. The number of urea groups is 2. The molecular formula is C29H34N4O3. The van der Waals surface area contributed by atoms with E-state index in [2.05, 4.69) is 21.3 Å². The number of carbonyl (C=O) groups is 2. The van der Waals surface area contributed by atoms with Crippen LogP contribution in [0.1, 0.15) is 55.3 Å². The summed E-state index contributed by atoms with van der Waals surface area (Å²) < 4.78 is 5.26. The Kier molecular flexibility index (Phi) is 8.81. The molecule has 4 amide bonds. The van der Waals surface area contributed by atoms with Crippen molar-refractivity contribution in [3.63, 3.8) is 0 Å². The fourth-order valence-corrected chi connectivity index (χ4v) is 4.66. The second kappa shape index (κ2) is 12.6. The normalized spacial score (nSPS) is 15.2. The molecule has 4 N–H and O–H groups in total. The van der Waals surface area contributed by atoms with Crippen LogP contribution in [0.4, 0.5) is 15.3 Å². The Morgan fingerprint density at radius 3 is 1.92 bits per heavy atom. The van der Waals surface area contributed by atoms with Gasteiger partial charge in [0, 0.05) is 17.8 Å². The molecule has 7 heteroatoms. The predicted octanol–water partition coefficient (Wildman–Crippen LogP) is 5.93. The molecule has 1 fully saturated rings. The summed E-state index contributed by atoms with van der Waals surface area (Å²) in [6.45, 7) is 0. The van der Waals surface area contributed by atoms with Crippen LogP contribution in [0, 0.1) is 0 Å². The van der Waals surface area contributed by atoms with Crippen molar-refractivity contribution >= 4 is 17.7 Å². The maximum Gasteiger partial charge on any atom is 0.319 e. The number of nitrogens with one attached hydrogen (secondary N) is 4. The van der Waals surface area contributed by atoms with Gasteiger partial charge in [0.15, 0.2) is 0 Å². The molecule has 4 rings (SSSR count). The lowest BCUT2D eigenvalue weighted by molar-refractivity contribution is 0.222. The van der Waals surface area contributed by atoms with Gasteiger partial charge in [0.2, 0.25) is 0 Å². The summed E-state index contributed by atoms with van der Waals surface area (Å²) in [6.07, 6.45) is 5.46. The van der Waals surface area contributed by atoms with Gasteiger partial charge in [-0.05, 0) is 36.1 Å². The molecule has 36 heavy (non-hydrogen) atoms. The van der Waals surface area contributed by atoms with Crippen LogP contribution in [0.2, 0.25) is 0 Å². The van der Waals surface area contributed by atoms with Crippen LogP contribution in [0.3, 0.4) is 0 Å². The first-order valence-corrected chi connectivity index (χ1v) is 12.5. The van der Waals surface area contributed by atoms with Crippen molar-refractivity contribution in [3.05, 3.63) is 96.1 Å². The Hall–Kier alpha value is -4.00. The van der Waals surface area contributed by atoms with E-state index in [1.807, 2.05) is 72.8 Å². The zero-order valence-corrected chi connectivity index (χ0v) is 20.6. The van der Waals surface area contributed by atoms with Crippen molar-refractivity contribution in [2.75, 3.05) is 12.4 Å². The van der Waals surface area contributed by atoms with Crippen molar-refractivity contribution < 1.29 is 14.3 Å². The van der Waals surface area contributed by atoms with Crippen LogP contribution in [0.5, 0.6) is 5.75 Å². The molecule has 0 heterocycles. The highest BCUT2D eigenvalue weighted by Gasteiger charge is 2.29. The molecular weight excluding hydrogens is 452 g/mol. The average Bonchev–Trinajstić information content (AvgIpc) is 2.92. The fraction of sp³-hybridized carbons (Fsp3) is 0.310. The van der Waals surface area contributed by atoms with E-state index < -0.39 is 12.1 Å². The summed E-state index contributed by atoms with van der Waals surface area (Å²) in [6, 6.07) is 25.1. The molecule has 0 bridgehead atoms. The Morgan fingerprint density at radius 2 is 1.33 bits per heavy atom. The second-order valence-corrected chi connectivity index (χ2v) is 9.06. The average molecular weight is 487 g/mol. The molecule has 0 spiro atoms. The molecule has 0 aromatic heterocycles. The zero-order chi connectivity index (χ0) is 25.2. The predicted molar refractivity (Wildman–Crippen MR) is 142 cm³/mol. The number of hydrogen-bond donors (Lipinski definition) is 4. The molecule has 0 unspecified atom stereocenters. The number of carbonyl (C=O) groups excluding carboxylic acids is 2. The number of methoxy groups -OCH3 is 1. The standard InChI is InChI=1S/C29H34N4O3/c1-36-25-19-11-18-24(20-25)31-29(35)33-27(22-14-7-3-8-15-22)26(21-12-5-2-6-13-21)32-28(34)30-23-16-9-4-10-17-23/h2-3,5-8,11-15,18-20,23,26-27H,4,9-10,16-17H2,1H3,(H2,30,32,34)(H2,31,33,35)/t26-,27+/m1/s1. The van der Waals surface area contributed by atoms with E-state index in [0.717, 1.165) is 36.8 Å². The van der Waals surface area contributed by atoms with Gasteiger partial charge in [-0.3, -0.25) is 0 Å². The summed E-state index contributed by atoms with van der Waals surface area (Å²) >= 11 is 0. The van der Waals surface area contributed by atoms with E-state index in [1.54, 1.807) is 19.2 Å². The molecule has 3 aromatic carbocycles. The van der Waals surface area contributed by atoms with Gasteiger partial charge in [0.25, 0.3) is 0 Å². The lowest BCUT2D eigenvalue weighted by Gasteiger charge is -2.31. The summed E-state index contributed by atoms with van der Waals surface area (Å²) in [5.74, 6) is 0.649. The highest BCUT2D eigenvalue weighted by Crippen LogP contribution is 2.29. The Labute approximate surface area is 212 Å². The Bertz CT molecular complexity index is 1120. The van der Waals surface area contributed by atoms with Gasteiger partial charge < -0.3 is 26.0 Å². The molecule has 188 valence electrons. The van der Waals surface area contributed by atoms with E-state index in [-0.39, 0.29) is 18.1 Å².